The van der Waals surface area contributed by atoms with Gasteiger partial charge in [0.1, 0.15) is 5.82 Å². The summed E-state index contributed by atoms with van der Waals surface area (Å²) in [6, 6.07) is 7.23. The smallest absolute Gasteiger partial charge is 0.201 e. The van der Waals surface area contributed by atoms with E-state index in [0.717, 1.165) is 0 Å². The number of rotatable bonds is 3. The molecular weight excluding hydrogens is 335 g/mol. The molecule has 0 atom stereocenters. The fourth-order valence-corrected chi connectivity index (χ4v) is 3.62. The number of benzene rings is 1. The number of halogens is 2. The molecule has 0 aliphatic rings. The summed E-state index contributed by atoms with van der Waals surface area (Å²) in [5.41, 5.74) is 6.00. The molecule has 0 saturated heterocycles. The first kappa shape index (κ1) is 14.0. The lowest BCUT2D eigenvalue weighted by Crippen LogP contribution is -2.10. The van der Waals surface area contributed by atoms with Crippen LogP contribution in [0, 0.1) is 5.82 Å². The third-order valence-electron chi connectivity index (χ3n) is 2.47. The van der Waals surface area contributed by atoms with E-state index in [1.165, 1.54) is 30.5 Å². The fourth-order valence-electron chi connectivity index (χ4n) is 1.60. The lowest BCUT2D eigenvalue weighted by Gasteiger charge is -2.08. The third kappa shape index (κ3) is 2.93. The quantitative estimate of drug-likeness (QED) is 0.928. The third-order valence-corrected chi connectivity index (χ3v) is 4.98. The normalized spacial score (nSPS) is 11.5. The molecule has 0 aliphatic carbocycles. The number of nitrogen functional groups attached to an aromatic ring is 1. The Labute approximate surface area is 118 Å². The molecule has 0 amide bonds. The molecule has 19 heavy (non-hydrogen) atoms. The highest BCUT2D eigenvalue weighted by Gasteiger charge is 2.21. The van der Waals surface area contributed by atoms with Gasteiger partial charge in [-0.3, -0.25) is 0 Å². The minimum atomic E-state index is -3.72. The summed E-state index contributed by atoms with van der Waals surface area (Å²) in [7, 11) is -3.72. The van der Waals surface area contributed by atoms with Crippen LogP contribution < -0.4 is 5.73 Å². The molecule has 4 nitrogen and oxygen atoms in total. The lowest BCUT2D eigenvalue weighted by atomic mass is 10.2. The van der Waals surface area contributed by atoms with Gasteiger partial charge in [-0.05, 0) is 39.7 Å². The topological polar surface area (TPSA) is 73.0 Å². The number of anilines is 1. The van der Waals surface area contributed by atoms with Crippen LogP contribution in [0.4, 0.5) is 10.1 Å². The second-order valence-corrected chi connectivity index (χ2v) is 6.57. The van der Waals surface area contributed by atoms with Crippen molar-refractivity contribution in [2.45, 2.75) is 10.8 Å². The lowest BCUT2D eigenvalue weighted by molar-refractivity contribution is 0.591. The van der Waals surface area contributed by atoms with Gasteiger partial charge in [0, 0.05) is 6.20 Å². The van der Waals surface area contributed by atoms with Crippen LogP contribution in [0.2, 0.25) is 0 Å². The van der Waals surface area contributed by atoms with Crippen LogP contribution in [-0.4, -0.2) is 13.4 Å². The van der Waals surface area contributed by atoms with Crippen molar-refractivity contribution in [3.63, 3.8) is 0 Å². The van der Waals surface area contributed by atoms with Crippen LogP contribution in [-0.2, 0) is 15.6 Å². The summed E-state index contributed by atoms with van der Waals surface area (Å²) in [6.45, 7) is 0. The van der Waals surface area contributed by atoms with Gasteiger partial charge in [0.05, 0.1) is 15.9 Å². The summed E-state index contributed by atoms with van der Waals surface area (Å²) in [4.78, 5) is 3.78. The van der Waals surface area contributed by atoms with E-state index in [9.17, 15) is 12.8 Å². The molecule has 0 saturated carbocycles. The van der Waals surface area contributed by atoms with Gasteiger partial charge >= 0.3 is 0 Å². The zero-order valence-corrected chi connectivity index (χ0v) is 12.1. The van der Waals surface area contributed by atoms with E-state index in [1.54, 1.807) is 6.07 Å². The van der Waals surface area contributed by atoms with Gasteiger partial charge in [0.25, 0.3) is 0 Å². The van der Waals surface area contributed by atoms with E-state index < -0.39 is 15.7 Å². The van der Waals surface area contributed by atoms with Crippen molar-refractivity contribution >= 4 is 31.5 Å². The largest absolute Gasteiger partial charge is 0.396 e. The summed E-state index contributed by atoms with van der Waals surface area (Å²) < 4.78 is 37.9. The van der Waals surface area contributed by atoms with Gasteiger partial charge in [-0.1, -0.05) is 12.1 Å². The van der Waals surface area contributed by atoms with Crippen LogP contribution in [0.1, 0.15) is 5.56 Å². The number of pyridine rings is 1. The van der Waals surface area contributed by atoms with Gasteiger partial charge in [0.15, 0.2) is 5.03 Å². The Kier molecular flexibility index (Phi) is 3.86. The average molecular weight is 345 g/mol. The van der Waals surface area contributed by atoms with Crippen molar-refractivity contribution in [3.05, 3.63) is 52.4 Å². The highest BCUT2D eigenvalue weighted by atomic mass is 79.9. The molecule has 0 spiro atoms. The van der Waals surface area contributed by atoms with E-state index in [2.05, 4.69) is 20.9 Å². The Morgan fingerprint density at radius 1 is 1.26 bits per heavy atom. The maximum absolute atomic E-state index is 13.4. The molecule has 2 rings (SSSR count). The first-order chi connectivity index (χ1) is 8.92. The summed E-state index contributed by atoms with van der Waals surface area (Å²) in [5, 5.41) is -0.189. The Morgan fingerprint density at radius 2 is 2.00 bits per heavy atom. The number of hydrogen-bond donors (Lipinski definition) is 1. The molecular formula is C12H10BrFN2O2S. The first-order valence-corrected chi connectivity index (χ1v) is 7.72. The van der Waals surface area contributed by atoms with Gasteiger partial charge in [-0.25, -0.2) is 17.8 Å². The molecule has 0 bridgehead atoms. The number of nitrogens with two attached hydrogens (primary N) is 1. The van der Waals surface area contributed by atoms with Crippen molar-refractivity contribution in [2.24, 2.45) is 0 Å². The summed E-state index contributed by atoms with van der Waals surface area (Å²) in [5.74, 6) is -0.881. The molecule has 1 aromatic heterocycles. The summed E-state index contributed by atoms with van der Waals surface area (Å²) in [6.07, 6.45) is 1.35. The Morgan fingerprint density at radius 3 is 2.68 bits per heavy atom. The molecule has 1 heterocycles. The standard InChI is InChI=1S/C12H10BrFN2O2S/c13-11-8(3-1-4-9(11)14)7-19(17,18)12-10(15)5-2-6-16-12/h1-6H,7,15H2. The molecule has 0 radical (unpaired) electrons. The maximum atomic E-state index is 13.4. The highest BCUT2D eigenvalue weighted by molar-refractivity contribution is 9.10. The van der Waals surface area contributed by atoms with Gasteiger partial charge in [-0.15, -0.1) is 0 Å². The van der Waals surface area contributed by atoms with Gasteiger partial charge < -0.3 is 5.73 Å². The van der Waals surface area contributed by atoms with Crippen LogP contribution in [0.5, 0.6) is 0 Å². The van der Waals surface area contributed by atoms with E-state index in [4.69, 9.17) is 5.73 Å². The second kappa shape index (κ2) is 5.26. The van der Waals surface area contributed by atoms with Crippen molar-refractivity contribution in [1.29, 1.82) is 0 Å². The molecule has 2 aromatic rings. The molecule has 1 aromatic carbocycles. The molecule has 2 N–H and O–H groups in total. The first-order valence-electron chi connectivity index (χ1n) is 5.28. The van der Waals surface area contributed by atoms with Crippen molar-refractivity contribution in [1.82, 2.24) is 4.98 Å². The molecule has 7 heteroatoms. The monoisotopic (exact) mass is 344 g/mol. The van der Waals surface area contributed by atoms with Crippen LogP contribution in [0.3, 0.4) is 0 Å². The average Bonchev–Trinajstić information content (AvgIpc) is 2.35. The predicted octanol–water partition coefficient (Wildman–Crippen LogP) is 2.54. The number of sulfone groups is 1. The predicted molar refractivity (Wildman–Crippen MR) is 73.6 cm³/mol. The zero-order chi connectivity index (χ0) is 14.0. The van der Waals surface area contributed by atoms with E-state index in [0.29, 0.717) is 5.56 Å². The second-order valence-electron chi connectivity index (χ2n) is 3.87. The molecule has 0 fully saturated rings. The molecule has 0 aliphatic heterocycles. The van der Waals surface area contributed by atoms with Crippen molar-refractivity contribution in [2.75, 3.05) is 5.73 Å². The van der Waals surface area contributed by atoms with E-state index >= 15 is 0 Å². The van der Waals surface area contributed by atoms with Gasteiger partial charge in [0.2, 0.25) is 9.84 Å². The summed E-state index contributed by atoms with van der Waals surface area (Å²) >= 11 is 3.03. The number of hydrogen-bond acceptors (Lipinski definition) is 4. The molecule has 0 unspecified atom stereocenters. The minimum Gasteiger partial charge on any atom is -0.396 e. The fraction of sp³-hybridized carbons (Fsp3) is 0.0833. The zero-order valence-electron chi connectivity index (χ0n) is 9.68. The van der Waals surface area contributed by atoms with E-state index in [-0.39, 0.29) is 20.9 Å². The number of nitrogens with zero attached hydrogens (tertiary/aromatic N) is 1. The van der Waals surface area contributed by atoms with Crippen LogP contribution in [0.25, 0.3) is 0 Å². The minimum absolute atomic E-state index is 0.0787. The highest BCUT2D eigenvalue weighted by Crippen LogP contribution is 2.26. The Balaban J connectivity index is 2.43. The number of aromatic nitrogens is 1. The Bertz CT molecular complexity index is 719. The van der Waals surface area contributed by atoms with Crippen LogP contribution >= 0.6 is 15.9 Å². The van der Waals surface area contributed by atoms with Crippen molar-refractivity contribution in [3.8, 4) is 0 Å². The van der Waals surface area contributed by atoms with Crippen molar-refractivity contribution < 1.29 is 12.8 Å². The van der Waals surface area contributed by atoms with E-state index in [1.807, 2.05) is 0 Å². The molecule has 100 valence electrons. The SMILES string of the molecule is Nc1cccnc1S(=O)(=O)Cc1cccc(F)c1Br. The Hall–Kier alpha value is -1.47. The maximum Gasteiger partial charge on any atom is 0.201 e. The van der Waals surface area contributed by atoms with Crippen LogP contribution in [0.15, 0.2) is 46.0 Å². The van der Waals surface area contributed by atoms with Gasteiger partial charge in [-0.2, -0.15) is 0 Å².